The van der Waals surface area contributed by atoms with E-state index in [1.165, 1.54) is 0 Å². The molecule has 0 saturated heterocycles. The van der Waals surface area contributed by atoms with Crippen LogP contribution < -0.4 is 16.0 Å². The Labute approximate surface area is 154 Å². The van der Waals surface area contributed by atoms with E-state index in [4.69, 9.17) is 0 Å². The number of aryl methyl sites for hydroxylation is 2. The number of amides is 3. The first-order valence-electron chi connectivity index (χ1n) is 8.91. The number of benzene rings is 1. The van der Waals surface area contributed by atoms with Crippen molar-refractivity contribution in [3.05, 3.63) is 29.3 Å². The number of para-hydroxylation sites is 1. The first kappa shape index (κ1) is 19.9. The molecule has 0 aliphatic heterocycles. The van der Waals surface area contributed by atoms with Crippen molar-refractivity contribution < 1.29 is 14.4 Å². The normalized spacial score (nSPS) is 14.7. The van der Waals surface area contributed by atoms with Crippen LogP contribution in [0.25, 0.3) is 0 Å². The third-order valence-corrected chi connectivity index (χ3v) is 4.54. The highest BCUT2D eigenvalue weighted by Gasteiger charge is 2.25. The van der Waals surface area contributed by atoms with E-state index in [9.17, 15) is 14.4 Å². The maximum absolute atomic E-state index is 12.2. The van der Waals surface area contributed by atoms with Gasteiger partial charge in [-0.25, -0.2) is 0 Å². The SMILES string of the molecule is Cc1cccc(C)c1NC(=O)CNC(=O)[C@H](C)N(C)CC(=O)NC1CC1. The Morgan fingerprint density at radius 1 is 1.15 bits per heavy atom. The highest BCUT2D eigenvalue weighted by Crippen LogP contribution is 2.19. The summed E-state index contributed by atoms with van der Waals surface area (Å²) in [6, 6.07) is 5.57. The van der Waals surface area contributed by atoms with Gasteiger partial charge in [0.25, 0.3) is 0 Å². The number of carbonyl (C=O) groups is 3. The van der Waals surface area contributed by atoms with E-state index in [1.807, 2.05) is 32.0 Å². The lowest BCUT2D eigenvalue weighted by Gasteiger charge is -2.23. The number of hydrogen-bond donors (Lipinski definition) is 3. The minimum atomic E-state index is -0.507. The van der Waals surface area contributed by atoms with Crippen LogP contribution in [0, 0.1) is 13.8 Å². The monoisotopic (exact) mass is 360 g/mol. The molecular weight excluding hydrogens is 332 g/mol. The highest BCUT2D eigenvalue weighted by atomic mass is 16.2. The highest BCUT2D eigenvalue weighted by molar-refractivity contribution is 5.96. The smallest absolute Gasteiger partial charge is 0.243 e. The Morgan fingerprint density at radius 2 is 1.77 bits per heavy atom. The molecule has 7 nitrogen and oxygen atoms in total. The van der Waals surface area contributed by atoms with Crippen molar-refractivity contribution in [1.82, 2.24) is 15.5 Å². The first-order valence-corrected chi connectivity index (χ1v) is 8.91. The topological polar surface area (TPSA) is 90.5 Å². The zero-order valence-corrected chi connectivity index (χ0v) is 15.9. The molecule has 0 spiro atoms. The zero-order chi connectivity index (χ0) is 19.3. The maximum atomic E-state index is 12.2. The number of nitrogens with one attached hydrogen (secondary N) is 3. The lowest BCUT2D eigenvalue weighted by Crippen LogP contribution is -2.48. The zero-order valence-electron chi connectivity index (χ0n) is 15.9. The van der Waals surface area contributed by atoms with Gasteiger partial charge in [0.05, 0.1) is 19.1 Å². The van der Waals surface area contributed by atoms with Crippen LogP contribution in [0.4, 0.5) is 5.69 Å². The second kappa shape index (κ2) is 8.80. The number of nitrogens with zero attached hydrogens (tertiary/aromatic N) is 1. The Morgan fingerprint density at radius 3 is 2.35 bits per heavy atom. The molecule has 2 rings (SSSR count). The van der Waals surface area contributed by atoms with Crippen LogP contribution in [0.2, 0.25) is 0 Å². The van der Waals surface area contributed by atoms with Gasteiger partial charge in [-0.1, -0.05) is 18.2 Å². The van der Waals surface area contributed by atoms with Crippen LogP contribution >= 0.6 is 0 Å². The van der Waals surface area contributed by atoms with E-state index >= 15 is 0 Å². The summed E-state index contributed by atoms with van der Waals surface area (Å²) in [5, 5.41) is 8.35. The van der Waals surface area contributed by atoms with Crippen LogP contribution in [-0.2, 0) is 14.4 Å². The summed E-state index contributed by atoms with van der Waals surface area (Å²) in [5.74, 6) is -0.650. The molecule has 0 heterocycles. The number of hydrogen-bond acceptors (Lipinski definition) is 4. The largest absolute Gasteiger partial charge is 0.352 e. The summed E-state index contributed by atoms with van der Waals surface area (Å²) in [6.07, 6.45) is 2.06. The molecule has 142 valence electrons. The molecule has 26 heavy (non-hydrogen) atoms. The number of rotatable bonds is 8. The Kier molecular flexibility index (Phi) is 6.74. The van der Waals surface area contributed by atoms with E-state index in [0.717, 1.165) is 29.7 Å². The lowest BCUT2D eigenvalue weighted by molar-refractivity contribution is -0.129. The van der Waals surface area contributed by atoms with Crippen LogP contribution in [0.15, 0.2) is 18.2 Å². The average molecular weight is 360 g/mol. The predicted molar refractivity (Wildman–Crippen MR) is 101 cm³/mol. The number of anilines is 1. The van der Waals surface area contributed by atoms with Crippen LogP contribution in [0.3, 0.4) is 0 Å². The molecule has 0 unspecified atom stereocenters. The van der Waals surface area contributed by atoms with Gasteiger partial charge in [-0.15, -0.1) is 0 Å². The molecule has 1 saturated carbocycles. The number of carbonyl (C=O) groups excluding carboxylic acids is 3. The third-order valence-electron chi connectivity index (χ3n) is 4.54. The lowest BCUT2D eigenvalue weighted by atomic mass is 10.1. The van der Waals surface area contributed by atoms with Gasteiger partial charge >= 0.3 is 0 Å². The van der Waals surface area contributed by atoms with Crippen LogP contribution in [0.1, 0.15) is 30.9 Å². The minimum Gasteiger partial charge on any atom is -0.352 e. The van der Waals surface area contributed by atoms with Gasteiger partial charge in [0.2, 0.25) is 17.7 Å². The van der Waals surface area contributed by atoms with Gasteiger partial charge in [-0.3, -0.25) is 19.3 Å². The summed E-state index contributed by atoms with van der Waals surface area (Å²) in [6.45, 7) is 5.59. The van der Waals surface area contributed by atoms with E-state index in [-0.39, 0.29) is 30.8 Å². The van der Waals surface area contributed by atoms with Crippen LogP contribution in [0.5, 0.6) is 0 Å². The third kappa shape index (κ3) is 5.84. The Bertz CT molecular complexity index is 665. The molecule has 0 radical (unpaired) electrons. The minimum absolute atomic E-state index is 0.0811. The Balaban J connectivity index is 1.77. The molecular formula is C19H28N4O3. The van der Waals surface area contributed by atoms with Crippen molar-refractivity contribution >= 4 is 23.4 Å². The van der Waals surface area contributed by atoms with Gasteiger partial charge < -0.3 is 16.0 Å². The second-order valence-corrected chi connectivity index (χ2v) is 6.97. The van der Waals surface area contributed by atoms with E-state index in [1.54, 1.807) is 18.9 Å². The fourth-order valence-corrected chi connectivity index (χ4v) is 2.57. The Hall–Kier alpha value is -2.41. The molecule has 3 N–H and O–H groups in total. The molecule has 0 aromatic heterocycles. The van der Waals surface area contributed by atoms with Gasteiger partial charge in [-0.05, 0) is 51.8 Å². The fourth-order valence-electron chi connectivity index (χ4n) is 2.57. The fraction of sp³-hybridized carbons (Fsp3) is 0.526. The van der Waals surface area contributed by atoms with Gasteiger partial charge in [0.15, 0.2) is 0 Å². The summed E-state index contributed by atoms with van der Waals surface area (Å²) in [4.78, 5) is 37.8. The standard InChI is InChI=1S/C19H28N4O3/c1-12-6-5-7-13(2)18(12)22-16(24)10-20-19(26)14(3)23(4)11-17(25)21-15-8-9-15/h5-7,14-15H,8-11H2,1-4H3,(H,20,26)(H,21,25)(H,22,24)/t14-/m0/s1. The van der Waals surface area contributed by atoms with Crippen molar-refractivity contribution in [1.29, 1.82) is 0 Å². The van der Waals surface area contributed by atoms with E-state index < -0.39 is 6.04 Å². The molecule has 7 heteroatoms. The summed E-state index contributed by atoms with van der Waals surface area (Å²) in [7, 11) is 1.72. The molecule has 1 aromatic rings. The van der Waals surface area contributed by atoms with E-state index in [0.29, 0.717) is 6.04 Å². The van der Waals surface area contributed by atoms with Gasteiger partial charge in [0, 0.05) is 11.7 Å². The van der Waals surface area contributed by atoms with Crippen molar-refractivity contribution in [2.24, 2.45) is 0 Å². The average Bonchev–Trinajstić information content (AvgIpc) is 3.39. The van der Waals surface area contributed by atoms with E-state index in [2.05, 4.69) is 16.0 Å². The second-order valence-electron chi connectivity index (χ2n) is 6.97. The maximum Gasteiger partial charge on any atom is 0.243 e. The van der Waals surface area contributed by atoms with Crippen molar-refractivity contribution in [2.75, 3.05) is 25.5 Å². The van der Waals surface area contributed by atoms with Gasteiger partial charge in [0.1, 0.15) is 0 Å². The number of likely N-dealkylation sites (N-methyl/N-ethyl adjacent to an activating group) is 1. The molecule has 1 aliphatic rings. The molecule has 1 aliphatic carbocycles. The summed E-state index contributed by atoms with van der Waals surface area (Å²) >= 11 is 0. The predicted octanol–water partition coefficient (Wildman–Crippen LogP) is 0.957. The molecule has 1 atom stereocenters. The van der Waals surface area contributed by atoms with Crippen molar-refractivity contribution in [2.45, 2.75) is 45.7 Å². The van der Waals surface area contributed by atoms with Crippen LogP contribution in [-0.4, -0.2) is 54.8 Å². The summed E-state index contributed by atoms with van der Waals surface area (Å²) < 4.78 is 0. The molecule has 3 amide bonds. The quantitative estimate of drug-likeness (QED) is 0.644. The molecule has 0 bridgehead atoms. The molecule has 1 aromatic carbocycles. The van der Waals surface area contributed by atoms with Crippen molar-refractivity contribution in [3.63, 3.8) is 0 Å². The van der Waals surface area contributed by atoms with Crippen molar-refractivity contribution in [3.8, 4) is 0 Å². The first-order chi connectivity index (χ1) is 12.3. The summed E-state index contributed by atoms with van der Waals surface area (Å²) in [5.41, 5.74) is 2.72. The molecule has 1 fully saturated rings. The van der Waals surface area contributed by atoms with Gasteiger partial charge in [-0.2, -0.15) is 0 Å².